The molecule has 0 aromatic carbocycles. The highest BCUT2D eigenvalue weighted by atomic mass is 32.2. The van der Waals surface area contributed by atoms with Gasteiger partial charge in [-0.05, 0) is 25.7 Å². The maximum absolute atomic E-state index is 11.4. The maximum atomic E-state index is 11.4. The Morgan fingerprint density at radius 3 is 1.41 bits per heavy atom. The predicted molar refractivity (Wildman–Crippen MR) is 92.5 cm³/mol. The second-order valence-electron chi connectivity index (χ2n) is 6.46. The number of hydrogen-bond donors (Lipinski definition) is 2. The van der Waals surface area contributed by atoms with Crippen molar-refractivity contribution in [3.05, 3.63) is 0 Å². The standard InChI is InChI=1S/C17H36O4S/c1-3-5-7-8-9-10-11-12-14-16-17(18,22(19,20)21)15-13-6-4-2/h18H,3-16H2,1-2H3,(H,19,20,21). The lowest BCUT2D eigenvalue weighted by Gasteiger charge is -2.24. The lowest BCUT2D eigenvalue weighted by atomic mass is 10.0. The quantitative estimate of drug-likeness (QED) is 0.323. The summed E-state index contributed by atoms with van der Waals surface area (Å²) in [6.07, 6.45) is 12.9. The zero-order valence-electron chi connectivity index (χ0n) is 14.5. The zero-order chi connectivity index (χ0) is 16.9. The van der Waals surface area contributed by atoms with Crippen LogP contribution in [-0.2, 0) is 10.1 Å². The molecule has 0 bridgehead atoms. The highest BCUT2D eigenvalue weighted by Crippen LogP contribution is 2.27. The molecule has 0 amide bonds. The average Bonchev–Trinajstić information content (AvgIpc) is 2.44. The zero-order valence-corrected chi connectivity index (χ0v) is 15.3. The monoisotopic (exact) mass is 336 g/mol. The number of aliphatic hydroxyl groups is 1. The fraction of sp³-hybridized carbons (Fsp3) is 1.00. The van der Waals surface area contributed by atoms with E-state index in [9.17, 15) is 18.1 Å². The van der Waals surface area contributed by atoms with Crippen LogP contribution in [0.15, 0.2) is 0 Å². The molecule has 0 spiro atoms. The van der Waals surface area contributed by atoms with Gasteiger partial charge in [0, 0.05) is 0 Å². The molecule has 0 aliphatic heterocycles. The topological polar surface area (TPSA) is 74.6 Å². The third-order valence-electron chi connectivity index (χ3n) is 4.32. The van der Waals surface area contributed by atoms with Gasteiger partial charge < -0.3 is 5.11 Å². The molecule has 0 saturated carbocycles. The van der Waals surface area contributed by atoms with E-state index in [-0.39, 0.29) is 12.8 Å². The minimum atomic E-state index is -4.40. The van der Waals surface area contributed by atoms with Crippen LogP contribution >= 0.6 is 0 Å². The van der Waals surface area contributed by atoms with Crippen LogP contribution < -0.4 is 0 Å². The molecular formula is C17H36O4S. The highest BCUT2D eigenvalue weighted by molar-refractivity contribution is 7.87. The van der Waals surface area contributed by atoms with E-state index in [1.54, 1.807) is 0 Å². The van der Waals surface area contributed by atoms with Crippen LogP contribution in [-0.4, -0.2) is 23.0 Å². The molecule has 0 aromatic heterocycles. The minimum Gasteiger partial charge on any atom is -0.372 e. The van der Waals surface area contributed by atoms with Gasteiger partial charge in [-0.2, -0.15) is 8.42 Å². The Morgan fingerprint density at radius 2 is 1.00 bits per heavy atom. The van der Waals surface area contributed by atoms with Crippen molar-refractivity contribution in [2.45, 2.75) is 109 Å². The predicted octanol–water partition coefficient (Wildman–Crippen LogP) is 5.06. The first-order valence-corrected chi connectivity index (χ1v) is 10.5. The normalized spacial score (nSPS) is 14.9. The summed E-state index contributed by atoms with van der Waals surface area (Å²) in [4.78, 5) is -1.94. The molecule has 0 aliphatic carbocycles. The third-order valence-corrected chi connectivity index (χ3v) is 5.69. The van der Waals surface area contributed by atoms with Crippen molar-refractivity contribution < 1.29 is 18.1 Å². The van der Waals surface area contributed by atoms with Crippen molar-refractivity contribution >= 4 is 10.1 Å². The summed E-state index contributed by atoms with van der Waals surface area (Å²) in [5, 5.41) is 10.2. The van der Waals surface area contributed by atoms with Crippen LogP contribution in [0, 0.1) is 0 Å². The van der Waals surface area contributed by atoms with E-state index in [4.69, 9.17) is 0 Å². The van der Waals surface area contributed by atoms with E-state index < -0.39 is 15.1 Å². The van der Waals surface area contributed by atoms with E-state index in [0.29, 0.717) is 12.8 Å². The Labute approximate surface area is 137 Å². The van der Waals surface area contributed by atoms with Gasteiger partial charge in [0.2, 0.25) is 0 Å². The molecule has 22 heavy (non-hydrogen) atoms. The molecule has 0 fully saturated rings. The molecule has 0 aliphatic rings. The van der Waals surface area contributed by atoms with E-state index in [2.05, 4.69) is 6.92 Å². The Balaban J connectivity index is 3.90. The summed E-state index contributed by atoms with van der Waals surface area (Å²) >= 11 is 0. The largest absolute Gasteiger partial charge is 0.372 e. The van der Waals surface area contributed by atoms with Crippen LogP contribution in [0.25, 0.3) is 0 Å². The molecule has 4 nitrogen and oxygen atoms in total. The molecule has 0 rings (SSSR count). The summed E-state index contributed by atoms with van der Waals surface area (Å²) in [6, 6.07) is 0. The lowest BCUT2D eigenvalue weighted by Crippen LogP contribution is -2.38. The van der Waals surface area contributed by atoms with Gasteiger partial charge in [-0.3, -0.25) is 4.55 Å². The van der Waals surface area contributed by atoms with Gasteiger partial charge in [0.05, 0.1) is 0 Å². The van der Waals surface area contributed by atoms with Crippen LogP contribution in [0.2, 0.25) is 0 Å². The smallest absolute Gasteiger partial charge is 0.294 e. The second-order valence-corrected chi connectivity index (χ2v) is 8.17. The van der Waals surface area contributed by atoms with Crippen LogP contribution in [0.5, 0.6) is 0 Å². The Kier molecular flexibility index (Phi) is 12.2. The van der Waals surface area contributed by atoms with Gasteiger partial charge >= 0.3 is 0 Å². The molecule has 5 heteroatoms. The van der Waals surface area contributed by atoms with Gasteiger partial charge in [-0.25, -0.2) is 0 Å². The molecule has 2 N–H and O–H groups in total. The van der Waals surface area contributed by atoms with Crippen molar-refractivity contribution in [1.82, 2.24) is 0 Å². The molecular weight excluding hydrogens is 300 g/mol. The van der Waals surface area contributed by atoms with Gasteiger partial charge in [0.25, 0.3) is 10.1 Å². The fourth-order valence-electron chi connectivity index (χ4n) is 2.75. The van der Waals surface area contributed by atoms with Crippen molar-refractivity contribution in [2.75, 3.05) is 0 Å². The van der Waals surface area contributed by atoms with E-state index in [0.717, 1.165) is 25.7 Å². The first-order valence-electron chi connectivity index (χ1n) is 9.06. The summed E-state index contributed by atoms with van der Waals surface area (Å²) in [6.45, 7) is 4.23. The van der Waals surface area contributed by atoms with Crippen molar-refractivity contribution in [2.24, 2.45) is 0 Å². The van der Waals surface area contributed by atoms with Crippen molar-refractivity contribution in [3.63, 3.8) is 0 Å². The lowest BCUT2D eigenvalue weighted by molar-refractivity contribution is 0.0886. The second kappa shape index (κ2) is 12.3. The third kappa shape index (κ3) is 9.80. The van der Waals surface area contributed by atoms with Crippen molar-refractivity contribution in [3.8, 4) is 0 Å². The molecule has 0 aromatic rings. The SMILES string of the molecule is CCCCCCCCCCCC(O)(CCCCC)S(=O)(=O)O. The van der Waals surface area contributed by atoms with Gasteiger partial charge in [0.15, 0.2) is 4.93 Å². The molecule has 0 heterocycles. The molecule has 1 unspecified atom stereocenters. The number of rotatable bonds is 15. The van der Waals surface area contributed by atoms with Gasteiger partial charge in [-0.1, -0.05) is 78.1 Å². The van der Waals surface area contributed by atoms with Gasteiger partial charge in [-0.15, -0.1) is 0 Å². The Hall–Kier alpha value is -0.130. The molecule has 1 atom stereocenters. The first-order chi connectivity index (χ1) is 10.4. The fourth-order valence-corrected chi connectivity index (χ4v) is 3.55. The van der Waals surface area contributed by atoms with Crippen LogP contribution in [0.1, 0.15) is 104 Å². The van der Waals surface area contributed by atoms with Crippen LogP contribution in [0.3, 0.4) is 0 Å². The van der Waals surface area contributed by atoms with Gasteiger partial charge in [0.1, 0.15) is 0 Å². The molecule has 0 radical (unpaired) electrons. The first kappa shape index (κ1) is 21.9. The Morgan fingerprint density at radius 1 is 0.682 bits per heavy atom. The number of hydrogen-bond acceptors (Lipinski definition) is 3. The van der Waals surface area contributed by atoms with E-state index >= 15 is 0 Å². The van der Waals surface area contributed by atoms with E-state index in [1.807, 2.05) is 6.92 Å². The Bertz CT molecular complexity index is 354. The summed E-state index contributed by atoms with van der Waals surface area (Å²) in [5.41, 5.74) is 0. The summed E-state index contributed by atoms with van der Waals surface area (Å²) < 4.78 is 32.1. The summed E-state index contributed by atoms with van der Waals surface area (Å²) in [5.74, 6) is 0. The molecule has 134 valence electrons. The highest BCUT2D eigenvalue weighted by Gasteiger charge is 2.39. The van der Waals surface area contributed by atoms with E-state index in [1.165, 1.54) is 38.5 Å². The van der Waals surface area contributed by atoms with Crippen LogP contribution in [0.4, 0.5) is 0 Å². The molecule has 0 saturated heterocycles. The number of unbranched alkanes of at least 4 members (excludes halogenated alkanes) is 10. The minimum absolute atomic E-state index is 0.136. The summed E-state index contributed by atoms with van der Waals surface area (Å²) in [7, 11) is -4.40. The average molecular weight is 337 g/mol. The van der Waals surface area contributed by atoms with Crippen molar-refractivity contribution in [1.29, 1.82) is 0 Å². The maximum Gasteiger partial charge on any atom is 0.294 e.